The molecule has 5 nitrogen and oxygen atoms in total. The molecule has 0 unspecified atom stereocenters. The van der Waals surface area contributed by atoms with E-state index in [4.69, 9.17) is 0 Å². The molecule has 1 amide bonds. The molecule has 1 aromatic rings. The summed E-state index contributed by atoms with van der Waals surface area (Å²) in [5.74, 6) is -0.0822. The Morgan fingerprint density at radius 1 is 1.71 bits per heavy atom. The summed E-state index contributed by atoms with van der Waals surface area (Å²) in [6, 6.07) is 0. The summed E-state index contributed by atoms with van der Waals surface area (Å²) in [6.07, 6.45) is 4.25. The van der Waals surface area contributed by atoms with E-state index in [2.05, 4.69) is 9.97 Å². The van der Waals surface area contributed by atoms with Crippen molar-refractivity contribution in [3.8, 4) is 0 Å². The van der Waals surface area contributed by atoms with Crippen LogP contribution in [0.5, 0.6) is 0 Å². The highest BCUT2D eigenvalue weighted by atomic mass is 16.3. The molecule has 1 aliphatic heterocycles. The van der Waals surface area contributed by atoms with Crippen LogP contribution >= 0.6 is 0 Å². The topological polar surface area (TPSA) is 69.2 Å². The third kappa shape index (κ3) is 1.77. The van der Waals surface area contributed by atoms with Gasteiger partial charge in [-0.2, -0.15) is 0 Å². The number of hydrogen-bond acceptors (Lipinski definition) is 3. The van der Waals surface area contributed by atoms with Crippen molar-refractivity contribution in [2.24, 2.45) is 0 Å². The van der Waals surface area contributed by atoms with Crippen molar-refractivity contribution in [1.82, 2.24) is 14.9 Å². The third-order valence-electron chi connectivity index (χ3n) is 2.41. The summed E-state index contributed by atoms with van der Waals surface area (Å²) >= 11 is 0. The molecule has 0 bridgehead atoms. The van der Waals surface area contributed by atoms with Crippen LogP contribution in [-0.2, 0) is 0 Å². The van der Waals surface area contributed by atoms with Crippen LogP contribution in [0, 0.1) is 0 Å². The molecule has 1 aliphatic rings. The van der Waals surface area contributed by atoms with Crippen LogP contribution in [0.25, 0.3) is 0 Å². The van der Waals surface area contributed by atoms with E-state index in [9.17, 15) is 9.90 Å². The predicted octanol–water partition coefficient (Wildman–Crippen LogP) is 0.00660. The molecule has 1 aromatic heterocycles. The molecule has 2 N–H and O–H groups in total. The number of aromatic nitrogens is 2. The van der Waals surface area contributed by atoms with Gasteiger partial charge >= 0.3 is 0 Å². The van der Waals surface area contributed by atoms with E-state index in [0.717, 1.165) is 19.4 Å². The standard InChI is InChI=1S/C9H13N3O2/c13-7-2-1-3-12(5-7)9(14)8-4-10-6-11-8/h4,6-7,13H,1-3,5H2,(H,10,11)/t7-/m0/s1. The van der Waals surface area contributed by atoms with Gasteiger partial charge in [0.05, 0.1) is 18.6 Å². The number of aromatic amines is 1. The number of amides is 1. The SMILES string of the molecule is O=C(c1cnc[nH]1)N1CCC[C@H](O)C1. The zero-order chi connectivity index (χ0) is 9.97. The monoisotopic (exact) mass is 195 g/mol. The number of β-amino-alcohol motifs (C(OH)–C–C–N with tert-alkyl or cyclic N) is 1. The second-order valence-corrected chi connectivity index (χ2v) is 3.51. The van der Waals surface area contributed by atoms with E-state index < -0.39 is 0 Å². The quantitative estimate of drug-likeness (QED) is 0.663. The van der Waals surface area contributed by atoms with Crippen molar-refractivity contribution in [3.63, 3.8) is 0 Å². The number of carbonyl (C=O) groups excluding carboxylic acids is 1. The Bertz CT molecular complexity index is 310. The van der Waals surface area contributed by atoms with Crippen LogP contribution in [0.2, 0.25) is 0 Å². The van der Waals surface area contributed by atoms with Gasteiger partial charge in [-0.1, -0.05) is 0 Å². The van der Waals surface area contributed by atoms with Crippen LogP contribution in [0.15, 0.2) is 12.5 Å². The average molecular weight is 195 g/mol. The zero-order valence-corrected chi connectivity index (χ0v) is 7.81. The number of aliphatic hydroxyl groups is 1. The van der Waals surface area contributed by atoms with Crippen LogP contribution < -0.4 is 0 Å². The van der Waals surface area contributed by atoms with Crippen LogP contribution in [0.1, 0.15) is 23.3 Å². The number of likely N-dealkylation sites (tertiary alicyclic amines) is 1. The fraction of sp³-hybridized carbons (Fsp3) is 0.556. The van der Waals surface area contributed by atoms with Crippen molar-refractivity contribution in [2.45, 2.75) is 18.9 Å². The minimum Gasteiger partial charge on any atom is -0.391 e. The second kappa shape index (κ2) is 3.79. The lowest BCUT2D eigenvalue weighted by atomic mass is 10.1. The number of nitrogens with zero attached hydrogens (tertiary/aromatic N) is 2. The predicted molar refractivity (Wildman–Crippen MR) is 49.7 cm³/mol. The molecular formula is C9H13N3O2. The molecule has 1 saturated heterocycles. The highest BCUT2D eigenvalue weighted by molar-refractivity contribution is 5.92. The number of aliphatic hydroxyl groups excluding tert-OH is 1. The molecule has 1 atom stereocenters. The Hall–Kier alpha value is -1.36. The average Bonchev–Trinajstić information content (AvgIpc) is 2.69. The molecule has 2 heterocycles. The molecule has 1 fully saturated rings. The van der Waals surface area contributed by atoms with Gasteiger partial charge in [0, 0.05) is 13.1 Å². The molecule has 76 valence electrons. The lowest BCUT2D eigenvalue weighted by Gasteiger charge is -2.29. The Balaban J connectivity index is 2.04. The van der Waals surface area contributed by atoms with Crippen LogP contribution in [0.3, 0.4) is 0 Å². The van der Waals surface area contributed by atoms with Gasteiger partial charge < -0.3 is 15.0 Å². The maximum atomic E-state index is 11.7. The maximum Gasteiger partial charge on any atom is 0.272 e. The van der Waals surface area contributed by atoms with Gasteiger partial charge in [0.15, 0.2) is 0 Å². The second-order valence-electron chi connectivity index (χ2n) is 3.51. The Morgan fingerprint density at radius 2 is 2.57 bits per heavy atom. The molecule has 2 rings (SSSR count). The first kappa shape index (κ1) is 9.21. The fourth-order valence-corrected chi connectivity index (χ4v) is 1.68. The highest BCUT2D eigenvalue weighted by Gasteiger charge is 2.23. The molecular weight excluding hydrogens is 182 g/mol. The summed E-state index contributed by atoms with van der Waals surface area (Å²) in [4.78, 5) is 20.0. The summed E-state index contributed by atoms with van der Waals surface area (Å²) in [6.45, 7) is 1.15. The highest BCUT2D eigenvalue weighted by Crippen LogP contribution is 2.12. The van der Waals surface area contributed by atoms with E-state index >= 15 is 0 Å². The first-order chi connectivity index (χ1) is 6.77. The molecule has 0 radical (unpaired) electrons. The first-order valence-corrected chi connectivity index (χ1v) is 4.73. The van der Waals surface area contributed by atoms with Crippen molar-refractivity contribution < 1.29 is 9.90 Å². The van der Waals surface area contributed by atoms with Gasteiger partial charge in [0.2, 0.25) is 0 Å². The molecule has 14 heavy (non-hydrogen) atoms. The fourth-order valence-electron chi connectivity index (χ4n) is 1.68. The minimum absolute atomic E-state index is 0.0822. The van der Waals surface area contributed by atoms with Crippen molar-refractivity contribution in [2.75, 3.05) is 13.1 Å². The van der Waals surface area contributed by atoms with Crippen LogP contribution in [0.4, 0.5) is 0 Å². The molecule has 0 spiro atoms. The van der Waals surface area contributed by atoms with Gasteiger partial charge in [0.1, 0.15) is 5.69 Å². The van der Waals surface area contributed by atoms with Gasteiger partial charge in [-0.05, 0) is 12.8 Å². The largest absolute Gasteiger partial charge is 0.391 e. The molecule has 0 saturated carbocycles. The Kier molecular flexibility index (Phi) is 2.49. The van der Waals surface area contributed by atoms with Crippen LogP contribution in [-0.4, -0.2) is 45.1 Å². The van der Waals surface area contributed by atoms with Gasteiger partial charge in [-0.3, -0.25) is 4.79 Å². The van der Waals surface area contributed by atoms with Gasteiger partial charge in [-0.15, -0.1) is 0 Å². The first-order valence-electron chi connectivity index (χ1n) is 4.73. The van der Waals surface area contributed by atoms with E-state index in [0.29, 0.717) is 12.2 Å². The summed E-state index contributed by atoms with van der Waals surface area (Å²) < 4.78 is 0. The van der Waals surface area contributed by atoms with Crippen molar-refractivity contribution in [3.05, 3.63) is 18.2 Å². The number of imidazole rings is 1. The van der Waals surface area contributed by atoms with Crippen molar-refractivity contribution >= 4 is 5.91 Å². The summed E-state index contributed by atoms with van der Waals surface area (Å²) in [7, 11) is 0. The number of nitrogens with one attached hydrogen (secondary N) is 1. The van der Waals surface area contributed by atoms with Gasteiger partial charge in [0.25, 0.3) is 5.91 Å². The van der Waals surface area contributed by atoms with Crippen molar-refractivity contribution in [1.29, 1.82) is 0 Å². The number of hydrogen-bond donors (Lipinski definition) is 2. The van der Waals surface area contributed by atoms with E-state index in [-0.39, 0.29) is 12.0 Å². The summed E-state index contributed by atoms with van der Waals surface area (Å²) in [5.41, 5.74) is 0.485. The number of H-pyrrole nitrogens is 1. The Labute approximate surface area is 81.8 Å². The third-order valence-corrected chi connectivity index (χ3v) is 2.41. The summed E-state index contributed by atoms with van der Waals surface area (Å²) in [5, 5.41) is 9.41. The maximum absolute atomic E-state index is 11.7. The van der Waals surface area contributed by atoms with E-state index in [1.54, 1.807) is 4.90 Å². The van der Waals surface area contributed by atoms with E-state index in [1.807, 2.05) is 0 Å². The van der Waals surface area contributed by atoms with E-state index in [1.165, 1.54) is 12.5 Å². The molecule has 0 aromatic carbocycles. The normalized spacial score (nSPS) is 22.4. The lowest BCUT2D eigenvalue weighted by molar-refractivity contribution is 0.0469. The smallest absolute Gasteiger partial charge is 0.272 e. The number of rotatable bonds is 1. The Morgan fingerprint density at radius 3 is 3.21 bits per heavy atom. The number of carbonyl (C=O) groups is 1. The molecule has 5 heteroatoms. The zero-order valence-electron chi connectivity index (χ0n) is 7.81. The lowest BCUT2D eigenvalue weighted by Crippen LogP contribution is -2.42. The minimum atomic E-state index is -0.379. The number of piperidine rings is 1. The molecule has 0 aliphatic carbocycles. The van der Waals surface area contributed by atoms with Gasteiger partial charge in [-0.25, -0.2) is 4.98 Å².